The van der Waals surface area contributed by atoms with Crippen molar-refractivity contribution >= 4 is 16.8 Å². The van der Waals surface area contributed by atoms with Gasteiger partial charge in [-0.2, -0.15) is 0 Å². The average molecular weight is 221 g/mol. The van der Waals surface area contributed by atoms with Crippen molar-refractivity contribution in [2.75, 3.05) is 20.3 Å². The van der Waals surface area contributed by atoms with Crippen molar-refractivity contribution in [1.29, 1.82) is 0 Å². The molecule has 0 amide bonds. The molecular formula is C8H23NO2Si2. The maximum atomic E-state index is 5.71. The molecule has 0 spiro atoms. The molecule has 0 rings (SSSR count). The van der Waals surface area contributed by atoms with Crippen molar-refractivity contribution in [2.24, 2.45) is 0 Å². The molecule has 0 atom stereocenters. The second kappa shape index (κ2) is 5.26. The first kappa shape index (κ1) is 13.3. The predicted molar refractivity (Wildman–Crippen MR) is 61.8 cm³/mol. The Labute approximate surface area is 84.2 Å². The molecule has 0 fully saturated rings. The van der Waals surface area contributed by atoms with Gasteiger partial charge in [0.25, 0.3) is 8.48 Å². The normalized spacial score (nSPS) is 13.4. The van der Waals surface area contributed by atoms with Gasteiger partial charge in [0.2, 0.25) is 0 Å². The van der Waals surface area contributed by atoms with E-state index in [1.165, 1.54) is 0 Å². The molecule has 0 bridgehead atoms. The van der Waals surface area contributed by atoms with E-state index in [9.17, 15) is 0 Å². The molecule has 0 aliphatic rings. The Morgan fingerprint density at radius 3 is 2.00 bits per heavy atom. The summed E-state index contributed by atoms with van der Waals surface area (Å²) in [6.45, 7) is 12.6. The third kappa shape index (κ3) is 8.64. The summed E-state index contributed by atoms with van der Waals surface area (Å²) in [5.74, 6) is 0. The van der Waals surface area contributed by atoms with Crippen LogP contribution >= 0.6 is 0 Å². The van der Waals surface area contributed by atoms with E-state index in [-0.39, 0.29) is 0 Å². The molecular weight excluding hydrogens is 198 g/mol. The van der Waals surface area contributed by atoms with Gasteiger partial charge in [-0.1, -0.05) is 0 Å². The van der Waals surface area contributed by atoms with Gasteiger partial charge < -0.3 is 13.8 Å². The average Bonchev–Trinajstić information content (AvgIpc) is 1.97. The Kier molecular flexibility index (Phi) is 5.38. The van der Waals surface area contributed by atoms with Gasteiger partial charge in [0.1, 0.15) is 0 Å². The van der Waals surface area contributed by atoms with E-state index in [2.05, 4.69) is 37.7 Å². The van der Waals surface area contributed by atoms with Crippen LogP contribution in [0.2, 0.25) is 32.7 Å². The lowest BCUT2D eigenvalue weighted by Gasteiger charge is -2.23. The molecule has 0 radical (unpaired) electrons. The fourth-order valence-corrected chi connectivity index (χ4v) is 2.34. The maximum Gasteiger partial charge on any atom is 0.262 e. The highest BCUT2D eigenvalue weighted by Crippen LogP contribution is 2.01. The lowest BCUT2D eigenvalue weighted by molar-refractivity contribution is 0.308. The minimum Gasteiger partial charge on any atom is -0.416 e. The molecule has 0 saturated carbocycles. The smallest absolute Gasteiger partial charge is 0.262 e. The van der Waals surface area contributed by atoms with E-state index in [0.717, 1.165) is 13.2 Å². The van der Waals surface area contributed by atoms with Crippen LogP contribution in [0.25, 0.3) is 0 Å². The molecule has 0 aromatic rings. The first-order chi connectivity index (χ1) is 5.77. The number of rotatable bonds is 6. The summed E-state index contributed by atoms with van der Waals surface area (Å²) >= 11 is 0. The summed E-state index contributed by atoms with van der Waals surface area (Å²) < 4.78 is 11.1. The monoisotopic (exact) mass is 221 g/mol. The Balaban J connectivity index is 3.47. The molecule has 3 nitrogen and oxygen atoms in total. The zero-order chi connectivity index (χ0) is 10.5. The first-order valence-electron chi connectivity index (χ1n) is 4.71. The molecule has 13 heavy (non-hydrogen) atoms. The van der Waals surface area contributed by atoms with E-state index in [4.69, 9.17) is 8.85 Å². The zero-order valence-corrected chi connectivity index (χ0v) is 11.7. The molecule has 5 heteroatoms. The highest BCUT2D eigenvalue weighted by atomic mass is 28.4. The van der Waals surface area contributed by atoms with Crippen LogP contribution in [0.15, 0.2) is 0 Å². The summed E-state index contributed by atoms with van der Waals surface area (Å²) in [6, 6.07) is 0. The zero-order valence-electron chi connectivity index (χ0n) is 9.73. The Hall–Kier alpha value is 0.314. The van der Waals surface area contributed by atoms with Gasteiger partial charge in [0.15, 0.2) is 8.32 Å². The largest absolute Gasteiger partial charge is 0.416 e. The Morgan fingerprint density at radius 1 is 1.08 bits per heavy atom. The summed E-state index contributed by atoms with van der Waals surface area (Å²) in [5.41, 5.74) is 0. The predicted octanol–water partition coefficient (Wildman–Crippen LogP) is 1.78. The summed E-state index contributed by atoms with van der Waals surface area (Å²) in [6.07, 6.45) is 0. The highest BCUT2D eigenvalue weighted by Gasteiger charge is 2.20. The molecule has 0 aliphatic carbocycles. The van der Waals surface area contributed by atoms with Gasteiger partial charge in [-0.05, 0) is 32.7 Å². The summed E-state index contributed by atoms with van der Waals surface area (Å²) in [5, 5.41) is 0. The van der Waals surface area contributed by atoms with Crippen LogP contribution in [0, 0.1) is 0 Å². The van der Waals surface area contributed by atoms with Crippen molar-refractivity contribution in [3.63, 3.8) is 0 Å². The third-order valence-electron chi connectivity index (χ3n) is 1.70. The molecule has 0 saturated heterocycles. The number of hydrogen-bond donors (Lipinski definition) is 1. The van der Waals surface area contributed by atoms with E-state index in [1.54, 1.807) is 7.11 Å². The van der Waals surface area contributed by atoms with Crippen LogP contribution in [0.1, 0.15) is 0 Å². The summed E-state index contributed by atoms with van der Waals surface area (Å²) in [4.78, 5) is 3.40. The SMILES string of the molecule is CO[Si](C)(C)NCCO[Si](C)(C)C. The third-order valence-corrected chi connectivity index (χ3v) is 4.89. The van der Waals surface area contributed by atoms with Crippen LogP contribution in [0.5, 0.6) is 0 Å². The summed E-state index contributed by atoms with van der Waals surface area (Å²) in [7, 11) is -1.15. The van der Waals surface area contributed by atoms with E-state index in [0.29, 0.717) is 0 Å². The van der Waals surface area contributed by atoms with Crippen LogP contribution < -0.4 is 4.98 Å². The van der Waals surface area contributed by atoms with Crippen molar-refractivity contribution in [2.45, 2.75) is 32.7 Å². The Morgan fingerprint density at radius 2 is 1.62 bits per heavy atom. The topological polar surface area (TPSA) is 30.5 Å². The standard InChI is InChI=1S/C8H23NO2Si2/c1-10-13(5,6)9-7-8-11-12(2,3)4/h9H,7-8H2,1-6H3. The van der Waals surface area contributed by atoms with Gasteiger partial charge in [0, 0.05) is 20.3 Å². The maximum absolute atomic E-state index is 5.71. The van der Waals surface area contributed by atoms with Gasteiger partial charge in [-0.15, -0.1) is 0 Å². The van der Waals surface area contributed by atoms with Crippen LogP contribution in [-0.2, 0) is 8.85 Å². The van der Waals surface area contributed by atoms with Crippen molar-refractivity contribution in [3.05, 3.63) is 0 Å². The lowest BCUT2D eigenvalue weighted by atomic mass is 10.8. The van der Waals surface area contributed by atoms with E-state index >= 15 is 0 Å². The molecule has 1 N–H and O–H groups in total. The minimum atomic E-state index is -1.59. The molecule has 80 valence electrons. The van der Waals surface area contributed by atoms with Crippen molar-refractivity contribution < 1.29 is 8.85 Å². The molecule has 0 aliphatic heterocycles. The lowest BCUT2D eigenvalue weighted by Crippen LogP contribution is -2.48. The van der Waals surface area contributed by atoms with Crippen LogP contribution in [0.4, 0.5) is 0 Å². The van der Waals surface area contributed by atoms with Crippen molar-refractivity contribution in [3.8, 4) is 0 Å². The highest BCUT2D eigenvalue weighted by molar-refractivity contribution is 6.69. The second-order valence-electron chi connectivity index (χ2n) is 4.60. The van der Waals surface area contributed by atoms with Gasteiger partial charge in [-0.25, -0.2) is 0 Å². The van der Waals surface area contributed by atoms with E-state index in [1.807, 2.05) is 0 Å². The number of nitrogens with one attached hydrogen (secondary N) is 1. The molecule has 0 aromatic carbocycles. The van der Waals surface area contributed by atoms with Gasteiger partial charge >= 0.3 is 0 Å². The first-order valence-corrected chi connectivity index (χ1v) is 11.0. The van der Waals surface area contributed by atoms with Gasteiger partial charge in [-0.3, -0.25) is 0 Å². The van der Waals surface area contributed by atoms with Crippen LogP contribution in [-0.4, -0.2) is 37.1 Å². The Bertz CT molecular complexity index is 146. The van der Waals surface area contributed by atoms with Crippen LogP contribution in [0.3, 0.4) is 0 Å². The van der Waals surface area contributed by atoms with Gasteiger partial charge in [0.05, 0.1) is 0 Å². The molecule has 0 unspecified atom stereocenters. The fraction of sp³-hybridized carbons (Fsp3) is 1.00. The van der Waals surface area contributed by atoms with Crippen molar-refractivity contribution in [1.82, 2.24) is 4.98 Å². The minimum absolute atomic E-state index is 0.801. The molecule has 0 aromatic heterocycles. The van der Waals surface area contributed by atoms with E-state index < -0.39 is 16.8 Å². The fourth-order valence-electron chi connectivity index (χ4n) is 0.781. The quantitative estimate of drug-likeness (QED) is 0.548. The number of hydrogen-bond acceptors (Lipinski definition) is 3. The molecule has 0 heterocycles. The second-order valence-corrected chi connectivity index (χ2v) is 12.9.